The molecular formula is C19H21N7O. The van der Waals surface area contributed by atoms with Crippen LogP contribution in [-0.4, -0.2) is 43.6 Å². The number of benzene rings is 1. The van der Waals surface area contributed by atoms with Crippen molar-refractivity contribution in [1.29, 1.82) is 0 Å². The maximum atomic E-state index is 5.93. The third-order valence-electron chi connectivity index (χ3n) is 5.13. The van der Waals surface area contributed by atoms with Gasteiger partial charge < -0.3 is 15.8 Å². The van der Waals surface area contributed by atoms with Crippen molar-refractivity contribution < 1.29 is 4.74 Å². The molecule has 3 aromatic heterocycles. The van der Waals surface area contributed by atoms with Crippen molar-refractivity contribution in [3.8, 4) is 11.1 Å². The lowest BCUT2D eigenvalue weighted by Gasteiger charge is -2.24. The Morgan fingerprint density at radius 3 is 2.89 bits per heavy atom. The lowest BCUT2D eigenvalue weighted by Crippen LogP contribution is -2.28. The normalized spacial score (nSPS) is 15.6. The second kappa shape index (κ2) is 6.24. The van der Waals surface area contributed by atoms with E-state index in [-0.39, 0.29) is 5.95 Å². The molecule has 1 aromatic carbocycles. The summed E-state index contributed by atoms with van der Waals surface area (Å²) in [5.74, 6) is 1.16. The van der Waals surface area contributed by atoms with Gasteiger partial charge in [0.15, 0.2) is 5.65 Å². The van der Waals surface area contributed by atoms with Gasteiger partial charge in [0.2, 0.25) is 5.95 Å². The zero-order valence-corrected chi connectivity index (χ0v) is 15.1. The van der Waals surface area contributed by atoms with Crippen molar-refractivity contribution in [2.45, 2.75) is 18.9 Å². The van der Waals surface area contributed by atoms with E-state index in [1.165, 1.54) is 0 Å². The number of nitrogens with one attached hydrogen (secondary N) is 1. The Morgan fingerprint density at radius 2 is 2.04 bits per heavy atom. The van der Waals surface area contributed by atoms with Crippen LogP contribution in [0.1, 0.15) is 12.8 Å². The fourth-order valence-electron chi connectivity index (χ4n) is 3.67. The minimum Gasteiger partial charge on any atom is -0.381 e. The Bertz CT molecular complexity index is 1120. The van der Waals surface area contributed by atoms with E-state index in [0.29, 0.717) is 6.04 Å². The van der Waals surface area contributed by atoms with Gasteiger partial charge in [-0.2, -0.15) is 14.6 Å². The summed E-state index contributed by atoms with van der Waals surface area (Å²) in [6.07, 6.45) is 3.82. The summed E-state index contributed by atoms with van der Waals surface area (Å²) in [4.78, 5) is 4.48. The molecule has 8 heteroatoms. The Hall–Kier alpha value is -3.13. The minimum atomic E-state index is 0.263. The van der Waals surface area contributed by atoms with Gasteiger partial charge in [0, 0.05) is 37.3 Å². The van der Waals surface area contributed by atoms with Gasteiger partial charge in [-0.25, -0.2) is 0 Å². The molecule has 0 aliphatic carbocycles. The van der Waals surface area contributed by atoms with E-state index in [9.17, 15) is 0 Å². The molecule has 5 rings (SSSR count). The summed E-state index contributed by atoms with van der Waals surface area (Å²) in [6, 6.07) is 10.7. The molecule has 1 aliphatic heterocycles. The number of rotatable bonds is 3. The number of ether oxygens (including phenoxy) is 1. The first kappa shape index (κ1) is 16.1. The molecule has 4 aromatic rings. The van der Waals surface area contributed by atoms with Crippen LogP contribution in [0, 0.1) is 0 Å². The van der Waals surface area contributed by atoms with Crippen LogP contribution in [0.5, 0.6) is 0 Å². The fourth-order valence-corrected chi connectivity index (χ4v) is 3.67. The van der Waals surface area contributed by atoms with Gasteiger partial charge in [0.25, 0.3) is 0 Å². The Labute approximate surface area is 155 Å². The smallest absolute Gasteiger partial charge is 0.240 e. The number of nitrogens with two attached hydrogens (primary N) is 1. The van der Waals surface area contributed by atoms with E-state index < -0.39 is 0 Å². The fraction of sp³-hybridized carbons (Fsp3) is 0.316. The second-order valence-corrected chi connectivity index (χ2v) is 6.91. The molecule has 1 aliphatic rings. The first-order valence-electron chi connectivity index (χ1n) is 9.11. The van der Waals surface area contributed by atoms with E-state index in [2.05, 4.69) is 44.8 Å². The average molecular weight is 363 g/mol. The zero-order chi connectivity index (χ0) is 18.4. The van der Waals surface area contributed by atoms with Gasteiger partial charge in [0.05, 0.1) is 11.7 Å². The highest BCUT2D eigenvalue weighted by Crippen LogP contribution is 2.30. The third-order valence-corrected chi connectivity index (χ3v) is 5.13. The van der Waals surface area contributed by atoms with E-state index in [4.69, 9.17) is 10.5 Å². The Balaban J connectivity index is 1.60. The van der Waals surface area contributed by atoms with Crippen molar-refractivity contribution in [3.05, 3.63) is 36.5 Å². The molecule has 3 N–H and O–H groups in total. The van der Waals surface area contributed by atoms with Crippen LogP contribution in [0.4, 0.5) is 11.8 Å². The Kier molecular flexibility index (Phi) is 3.71. The first-order chi connectivity index (χ1) is 13.2. The van der Waals surface area contributed by atoms with E-state index >= 15 is 0 Å². The number of hydrogen-bond acceptors (Lipinski definition) is 6. The molecule has 0 saturated carbocycles. The number of pyridine rings is 1. The highest BCUT2D eigenvalue weighted by Gasteiger charge is 2.17. The molecule has 0 atom stereocenters. The molecule has 27 heavy (non-hydrogen) atoms. The quantitative estimate of drug-likeness (QED) is 0.580. The molecule has 1 fully saturated rings. The number of fused-ring (bicyclic) bond motifs is 2. The van der Waals surface area contributed by atoms with E-state index in [1.54, 1.807) is 4.52 Å². The molecule has 0 spiro atoms. The number of nitrogen functional groups attached to an aromatic ring is 1. The van der Waals surface area contributed by atoms with E-state index in [1.807, 2.05) is 24.0 Å². The highest BCUT2D eigenvalue weighted by atomic mass is 16.5. The SMILES string of the molecule is Cn1ncc2ccc(-c3ccc(NC4CCOCC4)n4nc(N)nc34)cc21. The van der Waals surface area contributed by atoms with Crippen LogP contribution < -0.4 is 11.1 Å². The summed E-state index contributed by atoms with van der Waals surface area (Å²) in [6.45, 7) is 1.56. The van der Waals surface area contributed by atoms with Crippen LogP contribution in [0.3, 0.4) is 0 Å². The second-order valence-electron chi connectivity index (χ2n) is 6.91. The van der Waals surface area contributed by atoms with Crippen molar-refractivity contribution in [2.75, 3.05) is 24.3 Å². The van der Waals surface area contributed by atoms with Crippen LogP contribution in [-0.2, 0) is 11.8 Å². The van der Waals surface area contributed by atoms with Gasteiger partial charge in [-0.3, -0.25) is 4.68 Å². The van der Waals surface area contributed by atoms with Gasteiger partial charge in [0.1, 0.15) is 5.82 Å². The standard InChI is InChI=1S/C19H21N7O/c1-25-16-10-12(2-3-13(16)11-21-25)15-4-5-17(22-14-6-8-27-9-7-14)26-18(15)23-19(20)24-26/h2-5,10-11,14,22H,6-9H2,1H3,(H2,20,24). The predicted octanol–water partition coefficient (Wildman–Crippen LogP) is 2.46. The lowest BCUT2D eigenvalue weighted by molar-refractivity contribution is 0.0903. The number of aryl methyl sites for hydroxylation is 1. The van der Waals surface area contributed by atoms with Crippen LogP contribution >= 0.6 is 0 Å². The van der Waals surface area contributed by atoms with Crippen LogP contribution in [0.2, 0.25) is 0 Å². The minimum absolute atomic E-state index is 0.263. The van der Waals surface area contributed by atoms with Crippen LogP contribution in [0.15, 0.2) is 36.5 Å². The van der Waals surface area contributed by atoms with Gasteiger partial charge in [-0.15, -0.1) is 5.10 Å². The molecule has 138 valence electrons. The first-order valence-corrected chi connectivity index (χ1v) is 9.11. The van der Waals surface area contributed by atoms with Crippen molar-refractivity contribution in [3.63, 3.8) is 0 Å². The summed E-state index contributed by atoms with van der Waals surface area (Å²) in [5.41, 5.74) is 9.79. The maximum Gasteiger partial charge on any atom is 0.240 e. The summed E-state index contributed by atoms with van der Waals surface area (Å²) < 4.78 is 9.11. The molecular weight excluding hydrogens is 342 g/mol. The maximum absolute atomic E-state index is 5.93. The van der Waals surface area contributed by atoms with Gasteiger partial charge >= 0.3 is 0 Å². The highest BCUT2D eigenvalue weighted by molar-refractivity contribution is 5.88. The number of anilines is 2. The Morgan fingerprint density at radius 1 is 1.19 bits per heavy atom. The number of nitrogens with zero attached hydrogens (tertiary/aromatic N) is 5. The van der Waals surface area contributed by atoms with Crippen molar-refractivity contribution in [1.82, 2.24) is 24.4 Å². The molecule has 0 amide bonds. The lowest BCUT2D eigenvalue weighted by atomic mass is 10.1. The third kappa shape index (κ3) is 2.78. The molecule has 4 heterocycles. The van der Waals surface area contributed by atoms with Gasteiger partial charge in [-0.05, 0) is 36.6 Å². The average Bonchev–Trinajstić information content (AvgIpc) is 3.25. The molecule has 1 saturated heterocycles. The van der Waals surface area contributed by atoms with E-state index in [0.717, 1.165) is 59.6 Å². The molecule has 0 radical (unpaired) electrons. The number of hydrogen-bond donors (Lipinski definition) is 2. The predicted molar refractivity (Wildman–Crippen MR) is 105 cm³/mol. The summed E-state index contributed by atoms with van der Waals surface area (Å²) in [5, 5.41) is 13.4. The number of aromatic nitrogens is 5. The molecule has 0 bridgehead atoms. The summed E-state index contributed by atoms with van der Waals surface area (Å²) in [7, 11) is 1.94. The van der Waals surface area contributed by atoms with Gasteiger partial charge in [-0.1, -0.05) is 12.1 Å². The molecule has 0 unspecified atom stereocenters. The molecule has 8 nitrogen and oxygen atoms in total. The zero-order valence-electron chi connectivity index (χ0n) is 15.1. The summed E-state index contributed by atoms with van der Waals surface area (Å²) >= 11 is 0. The van der Waals surface area contributed by atoms with Crippen molar-refractivity contribution in [2.24, 2.45) is 7.05 Å². The largest absolute Gasteiger partial charge is 0.381 e. The van der Waals surface area contributed by atoms with Crippen molar-refractivity contribution >= 4 is 28.3 Å². The topological polar surface area (TPSA) is 95.3 Å². The monoisotopic (exact) mass is 363 g/mol. The van der Waals surface area contributed by atoms with Crippen LogP contribution in [0.25, 0.3) is 27.7 Å².